The van der Waals surface area contributed by atoms with E-state index in [1.807, 2.05) is 0 Å². The zero-order valence-electron chi connectivity index (χ0n) is 10.6. The van der Waals surface area contributed by atoms with Crippen LogP contribution >= 0.6 is 0 Å². The summed E-state index contributed by atoms with van der Waals surface area (Å²) >= 11 is 0. The van der Waals surface area contributed by atoms with Crippen LogP contribution in [0, 0.1) is 17.1 Å². The van der Waals surface area contributed by atoms with Crippen LogP contribution in [0.5, 0.6) is 5.75 Å². The molecule has 0 bridgehead atoms. The number of alkyl halides is 3. The fourth-order valence-electron chi connectivity index (χ4n) is 1.88. The van der Waals surface area contributed by atoms with Gasteiger partial charge in [-0.15, -0.1) is 13.2 Å². The predicted molar refractivity (Wildman–Crippen MR) is 67.8 cm³/mol. The summed E-state index contributed by atoms with van der Waals surface area (Å²) in [6.07, 6.45) is -4.98. The van der Waals surface area contributed by atoms with Crippen molar-refractivity contribution in [2.45, 2.75) is 12.8 Å². The van der Waals surface area contributed by atoms with Crippen LogP contribution < -0.4 is 4.74 Å². The first-order valence-corrected chi connectivity index (χ1v) is 5.91. The van der Waals surface area contributed by atoms with Crippen molar-refractivity contribution in [1.82, 2.24) is 0 Å². The molecule has 21 heavy (non-hydrogen) atoms. The maximum Gasteiger partial charge on any atom is 0.573 e. The highest BCUT2D eigenvalue weighted by atomic mass is 19.4. The molecule has 0 heterocycles. The average molecular weight is 295 g/mol. The minimum absolute atomic E-state index is 0.122. The number of benzene rings is 2. The van der Waals surface area contributed by atoms with Crippen molar-refractivity contribution in [3.8, 4) is 22.9 Å². The van der Waals surface area contributed by atoms with E-state index >= 15 is 0 Å². The molecule has 0 aliphatic heterocycles. The Morgan fingerprint density at radius 3 is 2.48 bits per heavy atom. The third kappa shape index (κ3) is 3.72. The molecule has 2 aromatic rings. The van der Waals surface area contributed by atoms with Gasteiger partial charge in [0.05, 0.1) is 12.5 Å². The number of halogens is 4. The van der Waals surface area contributed by atoms with Gasteiger partial charge >= 0.3 is 6.36 Å². The van der Waals surface area contributed by atoms with Gasteiger partial charge in [-0.05, 0) is 23.8 Å². The summed E-state index contributed by atoms with van der Waals surface area (Å²) in [5.41, 5.74) is 0.646. The van der Waals surface area contributed by atoms with E-state index in [-0.39, 0.29) is 23.3 Å². The zero-order chi connectivity index (χ0) is 15.5. The Kier molecular flexibility index (Phi) is 4.13. The lowest BCUT2D eigenvalue weighted by atomic mass is 10.0. The highest BCUT2D eigenvalue weighted by Gasteiger charge is 2.32. The Labute approximate surface area is 118 Å². The van der Waals surface area contributed by atoms with E-state index in [0.717, 1.165) is 6.07 Å². The van der Waals surface area contributed by atoms with Crippen molar-refractivity contribution < 1.29 is 22.3 Å². The molecule has 0 aliphatic carbocycles. The summed E-state index contributed by atoms with van der Waals surface area (Å²) < 4.78 is 54.6. The number of ether oxygens (including phenoxy) is 1. The van der Waals surface area contributed by atoms with Gasteiger partial charge in [0.2, 0.25) is 0 Å². The molecular formula is C15H9F4NO. The third-order valence-corrected chi connectivity index (χ3v) is 2.74. The van der Waals surface area contributed by atoms with Crippen molar-refractivity contribution in [2.24, 2.45) is 0 Å². The van der Waals surface area contributed by atoms with Crippen LogP contribution in [-0.2, 0) is 6.42 Å². The summed E-state index contributed by atoms with van der Waals surface area (Å²) in [7, 11) is 0. The molecule has 0 N–H and O–H groups in total. The van der Waals surface area contributed by atoms with Crippen LogP contribution in [0.25, 0.3) is 11.1 Å². The van der Waals surface area contributed by atoms with Gasteiger partial charge in [-0.25, -0.2) is 4.39 Å². The molecule has 0 unspecified atom stereocenters. The van der Waals surface area contributed by atoms with Gasteiger partial charge in [0.1, 0.15) is 11.6 Å². The minimum atomic E-state index is -4.81. The van der Waals surface area contributed by atoms with E-state index in [9.17, 15) is 17.6 Å². The molecule has 0 fully saturated rings. The predicted octanol–water partition coefficient (Wildman–Crippen LogP) is 4.46. The van der Waals surface area contributed by atoms with Gasteiger partial charge in [-0.1, -0.05) is 24.3 Å². The fraction of sp³-hybridized carbons (Fsp3) is 0.133. The van der Waals surface area contributed by atoms with Crippen LogP contribution in [0.15, 0.2) is 42.5 Å². The number of para-hydroxylation sites is 1. The molecule has 2 nitrogen and oxygen atoms in total. The highest BCUT2D eigenvalue weighted by Crippen LogP contribution is 2.34. The molecule has 0 spiro atoms. The number of hydrogen-bond donors (Lipinski definition) is 0. The molecule has 0 aromatic heterocycles. The van der Waals surface area contributed by atoms with Gasteiger partial charge in [0, 0.05) is 11.1 Å². The summed E-state index contributed by atoms with van der Waals surface area (Å²) in [4.78, 5) is 0. The van der Waals surface area contributed by atoms with E-state index in [1.165, 1.54) is 30.3 Å². The Hall–Kier alpha value is -2.55. The van der Waals surface area contributed by atoms with E-state index in [4.69, 9.17) is 5.26 Å². The lowest BCUT2D eigenvalue weighted by molar-refractivity contribution is -0.274. The maximum atomic E-state index is 13.5. The summed E-state index contributed by atoms with van der Waals surface area (Å²) in [6.45, 7) is 0. The van der Waals surface area contributed by atoms with Gasteiger partial charge < -0.3 is 4.74 Å². The van der Waals surface area contributed by atoms with Crippen LogP contribution in [0.2, 0.25) is 0 Å². The van der Waals surface area contributed by atoms with Gasteiger partial charge in [-0.3, -0.25) is 0 Å². The SMILES string of the molecule is N#CCc1cc(-c2ccccc2OC(F)(F)F)ccc1F. The van der Waals surface area contributed by atoms with Gasteiger partial charge in [0.25, 0.3) is 0 Å². The summed E-state index contributed by atoms with van der Waals surface area (Å²) in [5.74, 6) is -0.950. The molecule has 0 radical (unpaired) electrons. The molecule has 0 saturated heterocycles. The van der Waals surface area contributed by atoms with Crippen molar-refractivity contribution in [3.63, 3.8) is 0 Å². The van der Waals surface area contributed by atoms with Gasteiger partial charge in [-0.2, -0.15) is 5.26 Å². The number of nitriles is 1. The van der Waals surface area contributed by atoms with E-state index in [2.05, 4.69) is 4.74 Å². The molecule has 0 atom stereocenters. The summed E-state index contributed by atoms with van der Waals surface area (Å²) in [5, 5.41) is 8.62. The molecule has 6 heteroatoms. The topological polar surface area (TPSA) is 33.0 Å². The summed E-state index contributed by atoms with van der Waals surface area (Å²) in [6, 6.07) is 11.2. The second-order valence-corrected chi connectivity index (χ2v) is 4.19. The van der Waals surface area contributed by atoms with Crippen LogP contribution in [0.3, 0.4) is 0 Å². The molecule has 2 aromatic carbocycles. The second kappa shape index (κ2) is 5.83. The van der Waals surface area contributed by atoms with E-state index in [0.29, 0.717) is 5.56 Å². The minimum Gasteiger partial charge on any atom is -0.405 e. The van der Waals surface area contributed by atoms with E-state index < -0.39 is 12.2 Å². The molecule has 0 aliphatic rings. The van der Waals surface area contributed by atoms with E-state index in [1.54, 1.807) is 12.1 Å². The molecule has 2 rings (SSSR count). The first-order chi connectivity index (χ1) is 9.90. The normalized spacial score (nSPS) is 11.0. The Bertz CT molecular complexity index is 689. The first kappa shape index (κ1) is 14.9. The molecule has 108 valence electrons. The van der Waals surface area contributed by atoms with Crippen molar-refractivity contribution in [3.05, 3.63) is 53.8 Å². The molecule has 0 saturated carbocycles. The Morgan fingerprint density at radius 2 is 1.81 bits per heavy atom. The second-order valence-electron chi connectivity index (χ2n) is 4.19. The fourth-order valence-corrected chi connectivity index (χ4v) is 1.88. The standard InChI is InChI=1S/C15H9F4NO/c16-13-6-5-10(9-11(13)7-8-20)12-3-1-2-4-14(12)21-15(17,18)19/h1-6,9H,7H2. The highest BCUT2D eigenvalue weighted by molar-refractivity contribution is 5.71. The quantitative estimate of drug-likeness (QED) is 0.783. The van der Waals surface area contributed by atoms with Gasteiger partial charge in [0.15, 0.2) is 0 Å². The smallest absolute Gasteiger partial charge is 0.405 e. The maximum absolute atomic E-state index is 13.5. The molecular weight excluding hydrogens is 286 g/mol. The largest absolute Gasteiger partial charge is 0.573 e. The number of rotatable bonds is 3. The lowest BCUT2D eigenvalue weighted by Crippen LogP contribution is -2.17. The van der Waals surface area contributed by atoms with Crippen molar-refractivity contribution in [2.75, 3.05) is 0 Å². The monoisotopic (exact) mass is 295 g/mol. The Morgan fingerprint density at radius 1 is 1.10 bits per heavy atom. The van der Waals surface area contributed by atoms with Crippen molar-refractivity contribution >= 4 is 0 Å². The third-order valence-electron chi connectivity index (χ3n) is 2.74. The number of hydrogen-bond acceptors (Lipinski definition) is 2. The first-order valence-electron chi connectivity index (χ1n) is 5.91. The lowest BCUT2D eigenvalue weighted by Gasteiger charge is -2.13. The van der Waals surface area contributed by atoms with Crippen LogP contribution in [0.1, 0.15) is 5.56 Å². The van der Waals surface area contributed by atoms with Crippen LogP contribution in [-0.4, -0.2) is 6.36 Å². The Balaban J connectivity index is 2.47. The van der Waals surface area contributed by atoms with Crippen LogP contribution in [0.4, 0.5) is 17.6 Å². The molecule has 0 amide bonds. The zero-order valence-corrected chi connectivity index (χ0v) is 10.6. The average Bonchev–Trinajstić information content (AvgIpc) is 2.40. The van der Waals surface area contributed by atoms with Crippen molar-refractivity contribution in [1.29, 1.82) is 5.26 Å². The number of nitrogens with zero attached hydrogens (tertiary/aromatic N) is 1.